The molecular formula is C15H14BrClFN. The van der Waals surface area contributed by atoms with Gasteiger partial charge in [-0.25, -0.2) is 4.39 Å². The van der Waals surface area contributed by atoms with Crippen molar-refractivity contribution >= 4 is 33.2 Å². The first kappa shape index (κ1) is 14.4. The highest BCUT2D eigenvalue weighted by atomic mass is 79.9. The Morgan fingerprint density at radius 3 is 2.47 bits per heavy atom. The van der Waals surface area contributed by atoms with Crippen LogP contribution in [-0.4, -0.2) is 0 Å². The second-order valence-electron chi connectivity index (χ2n) is 4.29. The van der Waals surface area contributed by atoms with Crippen LogP contribution >= 0.6 is 27.5 Å². The lowest BCUT2D eigenvalue weighted by molar-refractivity contribution is 0.628. The maximum Gasteiger partial charge on any atom is 0.143 e. The summed E-state index contributed by atoms with van der Waals surface area (Å²) >= 11 is 9.09. The van der Waals surface area contributed by atoms with E-state index in [1.807, 2.05) is 12.1 Å². The summed E-state index contributed by atoms with van der Waals surface area (Å²) in [7, 11) is 0. The third kappa shape index (κ3) is 3.71. The van der Waals surface area contributed by atoms with Crippen LogP contribution in [0.15, 0.2) is 46.9 Å². The minimum atomic E-state index is -0.405. The molecule has 0 spiro atoms. The Balaban J connectivity index is 2.18. The van der Waals surface area contributed by atoms with Crippen LogP contribution in [0, 0.1) is 5.82 Å². The van der Waals surface area contributed by atoms with Crippen molar-refractivity contribution in [3.63, 3.8) is 0 Å². The number of benzene rings is 2. The van der Waals surface area contributed by atoms with E-state index in [2.05, 4.69) is 40.3 Å². The van der Waals surface area contributed by atoms with E-state index in [-0.39, 0.29) is 11.1 Å². The molecule has 0 aromatic heterocycles. The molecule has 1 atom stereocenters. The average molecular weight is 343 g/mol. The van der Waals surface area contributed by atoms with E-state index in [0.29, 0.717) is 0 Å². The van der Waals surface area contributed by atoms with E-state index >= 15 is 0 Å². The normalized spacial score (nSPS) is 12.2. The topological polar surface area (TPSA) is 12.0 Å². The number of anilines is 1. The first-order valence-electron chi connectivity index (χ1n) is 6.07. The molecule has 2 aromatic carbocycles. The van der Waals surface area contributed by atoms with Crippen LogP contribution in [0.4, 0.5) is 10.1 Å². The number of hydrogen-bond acceptors (Lipinski definition) is 1. The maximum absolute atomic E-state index is 13.4. The zero-order valence-corrected chi connectivity index (χ0v) is 12.8. The highest BCUT2D eigenvalue weighted by Gasteiger charge is 2.10. The SMILES string of the molecule is CCC(Nc1ccc(Cl)c(F)c1)c1ccc(Br)cc1. The predicted molar refractivity (Wildman–Crippen MR) is 82.2 cm³/mol. The average Bonchev–Trinajstić information content (AvgIpc) is 2.41. The molecule has 0 aliphatic carbocycles. The Morgan fingerprint density at radius 1 is 1.21 bits per heavy atom. The van der Waals surface area contributed by atoms with Crippen molar-refractivity contribution in [2.45, 2.75) is 19.4 Å². The van der Waals surface area contributed by atoms with E-state index in [9.17, 15) is 4.39 Å². The zero-order chi connectivity index (χ0) is 13.8. The minimum absolute atomic E-state index is 0.141. The molecule has 2 rings (SSSR count). The zero-order valence-electron chi connectivity index (χ0n) is 10.5. The Bertz CT molecular complexity index is 557. The van der Waals surface area contributed by atoms with Gasteiger partial charge in [0.1, 0.15) is 5.82 Å². The van der Waals surface area contributed by atoms with Crippen LogP contribution in [0.2, 0.25) is 5.02 Å². The van der Waals surface area contributed by atoms with Gasteiger partial charge < -0.3 is 5.32 Å². The lowest BCUT2D eigenvalue weighted by Crippen LogP contribution is -2.09. The fourth-order valence-electron chi connectivity index (χ4n) is 1.90. The summed E-state index contributed by atoms with van der Waals surface area (Å²) in [4.78, 5) is 0. The molecule has 0 amide bonds. The molecule has 0 fully saturated rings. The molecule has 1 nitrogen and oxygen atoms in total. The van der Waals surface area contributed by atoms with Crippen molar-refractivity contribution in [3.05, 3.63) is 63.3 Å². The Labute approximate surface area is 125 Å². The largest absolute Gasteiger partial charge is 0.378 e. The lowest BCUT2D eigenvalue weighted by Gasteiger charge is -2.19. The summed E-state index contributed by atoms with van der Waals surface area (Å²) in [6.45, 7) is 2.09. The molecule has 0 aliphatic rings. The van der Waals surface area contributed by atoms with Gasteiger partial charge >= 0.3 is 0 Å². The van der Waals surface area contributed by atoms with Crippen LogP contribution in [0.25, 0.3) is 0 Å². The lowest BCUT2D eigenvalue weighted by atomic mass is 10.0. The second-order valence-corrected chi connectivity index (χ2v) is 5.61. The first-order valence-corrected chi connectivity index (χ1v) is 7.24. The summed E-state index contributed by atoms with van der Waals surface area (Å²) < 4.78 is 14.5. The van der Waals surface area contributed by atoms with Crippen LogP contribution < -0.4 is 5.32 Å². The van der Waals surface area contributed by atoms with Crippen molar-refractivity contribution in [2.75, 3.05) is 5.32 Å². The Kier molecular flexibility index (Phi) is 4.83. The van der Waals surface area contributed by atoms with Crippen molar-refractivity contribution in [1.29, 1.82) is 0 Å². The summed E-state index contributed by atoms with van der Waals surface area (Å²) in [5, 5.41) is 3.46. The highest BCUT2D eigenvalue weighted by molar-refractivity contribution is 9.10. The maximum atomic E-state index is 13.4. The summed E-state index contributed by atoms with van der Waals surface area (Å²) in [6.07, 6.45) is 0.909. The third-order valence-corrected chi connectivity index (χ3v) is 3.78. The van der Waals surface area contributed by atoms with Gasteiger partial charge in [-0.2, -0.15) is 0 Å². The Morgan fingerprint density at radius 2 is 1.89 bits per heavy atom. The van der Waals surface area contributed by atoms with E-state index in [0.717, 1.165) is 16.6 Å². The van der Waals surface area contributed by atoms with E-state index < -0.39 is 5.82 Å². The minimum Gasteiger partial charge on any atom is -0.378 e. The summed E-state index contributed by atoms with van der Waals surface area (Å²) in [5.41, 5.74) is 1.90. The molecule has 19 heavy (non-hydrogen) atoms. The van der Waals surface area contributed by atoms with Gasteiger partial charge in [-0.05, 0) is 42.3 Å². The second kappa shape index (κ2) is 6.40. The standard InChI is InChI=1S/C15H14BrClFN/c1-2-15(10-3-5-11(16)6-4-10)19-12-7-8-13(17)14(18)9-12/h3-9,15,19H,2H2,1H3. The van der Waals surface area contributed by atoms with Gasteiger partial charge in [-0.15, -0.1) is 0 Å². The van der Waals surface area contributed by atoms with Crippen LogP contribution in [0.5, 0.6) is 0 Å². The molecule has 100 valence electrons. The van der Waals surface area contributed by atoms with Gasteiger partial charge in [0.05, 0.1) is 11.1 Å². The van der Waals surface area contributed by atoms with Gasteiger partial charge in [0.2, 0.25) is 0 Å². The summed E-state index contributed by atoms with van der Waals surface area (Å²) in [6, 6.07) is 13.0. The van der Waals surface area contributed by atoms with Gasteiger partial charge in [0, 0.05) is 10.2 Å². The molecule has 0 radical (unpaired) electrons. The molecule has 0 bridgehead atoms. The quantitative estimate of drug-likeness (QED) is 0.740. The molecule has 0 saturated carbocycles. The molecule has 4 heteroatoms. The highest BCUT2D eigenvalue weighted by Crippen LogP contribution is 2.26. The van der Waals surface area contributed by atoms with Crippen molar-refractivity contribution in [1.82, 2.24) is 0 Å². The van der Waals surface area contributed by atoms with Crippen molar-refractivity contribution in [3.8, 4) is 0 Å². The summed E-state index contributed by atoms with van der Waals surface area (Å²) in [5.74, 6) is -0.405. The Hall–Kier alpha value is -1.06. The van der Waals surface area contributed by atoms with Gasteiger partial charge in [0.25, 0.3) is 0 Å². The van der Waals surface area contributed by atoms with E-state index in [1.54, 1.807) is 12.1 Å². The molecule has 1 N–H and O–H groups in total. The van der Waals surface area contributed by atoms with Crippen molar-refractivity contribution < 1.29 is 4.39 Å². The number of halogens is 3. The van der Waals surface area contributed by atoms with Crippen LogP contribution in [-0.2, 0) is 0 Å². The van der Waals surface area contributed by atoms with Gasteiger partial charge in [-0.3, -0.25) is 0 Å². The predicted octanol–water partition coefficient (Wildman–Crippen LogP) is 5.80. The van der Waals surface area contributed by atoms with E-state index in [1.165, 1.54) is 11.6 Å². The third-order valence-electron chi connectivity index (χ3n) is 2.94. The smallest absolute Gasteiger partial charge is 0.143 e. The molecule has 0 aliphatic heterocycles. The molecule has 1 unspecified atom stereocenters. The molecule has 0 saturated heterocycles. The number of nitrogens with one attached hydrogen (secondary N) is 1. The fourth-order valence-corrected chi connectivity index (χ4v) is 2.29. The monoisotopic (exact) mass is 341 g/mol. The fraction of sp³-hybridized carbons (Fsp3) is 0.200. The molecular weight excluding hydrogens is 329 g/mol. The first-order chi connectivity index (χ1) is 9.10. The van der Waals surface area contributed by atoms with Gasteiger partial charge in [-0.1, -0.05) is 46.6 Å². The van der Waals surface area contributed by atoms with Crippen molar-refractivity contribution in [2.24, 2.45) is 0 Å². The van der Waals surface area contributed by atoms with Crippen LogP contribution in [0.3, 0.4) is 0 Å². The molecule has 2 aromatic rings. The van der Waals surface area contributed by atoms with E-state index in [4.69, 9.17) is 11.6 Å². The molecule has 0 heterocycles. The van der Waals surface area contributed by atoms with Crippen LogP contribution in [0.1, 0.15) is 24.9 Å². The number of rotatable bonds is 4. The van der Waals surface area contributed by atoms with Gasteiger partial charge in [0.15, 0.2) is 0 Å². The number of hydrogen-bond donors (Lipinski definition) is 1.